The van der Waals surface area contributed by atoms with E-state index in [9.17, 15) is 4.79 Å². The summed E-state index contributed by atoms with van der Waals surface area (Å²) in [7, 11) is 2.64. The van der Waals surface area contributed by atoms with Crippen molar-refractivity contribution < 1.29 is 9.53 Å². The molecule has 0 radical (unpaired) electrons. The minimum atomic E-state index is -0.470. The van der Waals surface area contributed by atoms with Crippen molar-refractivity contribution in [2.24, 2.45) is 0 Å². The second kappa shape index (κ2) is 6.41. The number of nitrogens with zero attached hydrogens (tertiary/aromatic N) is 1. The van der Waals surface area contributed by atoms with Gasteiger partial charge in [0.05, 0.1) is 24.3 Å². The molecule has 0 fully saturated rings. The van der Waals surface area contributed by atoms with E-state index in [4.69, 9.17) is 5.26 Å². The van der Waals surface area contributed by atoms with Gasteiger partial charge in [-0.15, -0.1) is 0 Å². The second-order valence-electron chi connectivity index (χ2n) is 2.71. The first-order valence-electron chi connectivity index (χ1n) is 4.13. The molecule has 16 heavy (non-hydrogen) atoms. The molecule has 5 heteroatoms. The Labute approximate surface area is 110 Å². The third kappa shape index (κ3) is 3.44. The summed E-state index contributed by atoms with van der Waals surface area (Å²) in [4.78, 5) is 11.3. The number of carbonyl (C=O) groups is 1. The first kappa shape index (κ1) is 12.9. The average Bonchev–Trinajstić information content (AvgIpc) is 2.34. The number of hydrogen-bond acceptors (Lipinski definition) is 4. The number of halogens is 1. The molecule has 1 aromatic carbocycles. The lowest BCUT2D eigenvalue weighted by atomic mass is 10.1. The Kier molecular flexibility index (Phi) is 5.17. The van der Waals surface area contributed by atoms with Crippen LogP contribution in [0.3, 0.4) is 0 Å². The van der Waals surface area contributed by atoms with Crippen molar-refractivity contribution in [3.05, 3.63) is 34.9 Å². The molecule has 0 aliphatic carbocycles. The van der Waals surface area contributed by atoms with Crippen LogP contribution in [0, 0.1) is 22.5 Å². The van der Waals surface area contributed by atoms with Gasteiger partial charge in [0.25, 0.3) is 0 Å². The normalized spacial score (nSPS) is 8.56. The quantitative estimate of drug-likeness (QED) is 0.447. The lowest BCUT2D eigenvalue weighted by molar-refractivity contribution is 0.0600. The van der Waals surface area contributed by atoms with E-state index in [0.717, 1.165) is 0 Å². The van der Waals surface area contributed by atoms with Crippen LogP contribution in [0.2, 0.25) is 0 Å². The second-order valence-corrected chi connectivity index (χ2v) is 4.39. The molecule has 0 aromatic heterocycles. The molecule has 0 amide bonds. The van der Waals surface area contributed by atoms with Crippen LogP contribution >= 0.6 is 30.1 Å². The highest BCUT2D eigenvalue weighted by molar-refractivity contribution is 14.2. The van der Waals surface area contributed by atoms with Crippen LogP contribution in [0.4, 0.5) is 0 Å². The van der Waals surface area contributed by atoms with Crippen LogP contribution in [0.1, 0.15) is 21.5 Å². The van der Waals surface area contributed by atoms with E-state index < -0.39 is 5.97 Å². The van der Waals surface area contributed by atoms with Crippen molar-refractivity contribution in [2.75, 3.05) is 7.11 Å². The van der Waals surface area contributed by atoms with Crippen LogP contribution in [0.15, 0.2) is 18.2 Å². The zero-order valence-corrected chi connectivity index (χ0v) is 11.3. The van der Waals surface area contributed by atoms with Crippen LogP contribution in [0.25, 0.3) is 0 Å². The summed E-state index contributed by atoms with van der Waals surface area (Å²) in [6.07, 6.45) is 0. The molecular weight excluding hydrogens is 337 g/mol. The van der Waals surface area contributed by atoms with E-state index in [-0.39, 0.29) is 0 Å². The minimum absolute atomic E-state index is 0.337. The summed E-state index contributed by atoms with van der Waals surface area (Å²) in [6, 6.07) is 6.69. The fraction of sp³-hybridized carbons (Fsp3) is 0.0909. The van der Waals surface area contributed by atoms with E-state index in [1.807, 2.05) is 27.3 Å². The molecule has 0 spiro atoms. The summed E-state index contributed by atoms with van der Waals surface area (Å²) in [6.45, 7) is 0. The number of methoxy groups -OCH3 is 1. The standard InChI is InChI=1S/C11H6INO2S/c1-15-11(14)10-5-8(2-3-16-12)4-9(6-10)7-13/h4-6H,1H3. The SMILES string of the molecule is COC(=O)c1cc(C#N)cc(C#CSI)c1. The predicted molar refractivity (Wildman–Crippen MR) is 71.0 cm³/mol. The van der Waals surface area contributed by atoms with Gasteiger partial charge in [0.2, 0.25) is 0 Å². The maximum Gasteiger partial charge on any atom is 0.337 e. The number of carbonyl (C=O) groups excluding carboxylic acids is 1. The summed E-state index contributed by atoms with van der Waals surface area (Å²) in [5, 5.41) is 11.6. The maximum absolute atomic E-state index is 11.3. The third-order valence-electron chi connectivity index (χ3n) is 1.72. The molecule has 1 rings (SSSR count). The summed E-state index contributed by atoms with van der Waals surface area (Å²) < 4.78 is 4.59. The molecule has 80 valence electrons. The van der Waals surface area contributed by atoms with E-state index in [0.29, 0.717) is 16.7 Å². The summed E-state index contributed by atoms with van der Waals surface area (Å²) >= 11 is 2.05. The Bertz CT molecular complexity index is 511. The van der Waals surface area contributed by atoms with Gasteiger partial charge in [-0.1, -0.05) is 5.92 Å². The van der Waals surface area contributed by atoms with Gasteiger partial charge >= 0.3 is 5.97 Å². The average molecular weight is 343 g/mol. The summed E-state index contributed by atoms with van der Waals surface area (Å²) in [5.74, 6) is 2.36. The third-order valence-corrected chi connectivity index (χ3v) is 2.56. The fourth-order valence-electron chi connectivity index (χ4n) is 1.08. The number of esters is 1. The molecule has 0 saturated carbocycles. The smallest absolute Gasteiger partial charge is 0.337 e. The fourth-order valence-corrected chi connectivity index (χ4v) is 1.56. The van der Waals surface area contributed by atoms with Crippen molar-refractivity contribution in [1.82, 2.24) is 0 Å². The number of hydrogen-bond donors (Lipinski definition) is 0. The van der Waals surface area contributed by atoms with E-state index in [2.05, 4.69) is 15.9 Å². The van der Waals surface area contributed by atoms with Gasteiger partial charge in [-0.2, -0.15) is 5.26 Å². The highest BCUT2D eigenvalue weighted by Crippen LogP contribution is 2.12. The van der Waals surface area contributed by atoms with Crippen molar-refractivity contribution in [3.8, 4) is 17.2 Å². The molecule has 1 aromatic rings. The Morgan fingerprint density at radius 1 is 1.44 bits per heavy atom. The lowest BCUT2D eigenvalue weighted by Gasteiger charge is -2.00. The van der Waals surface area contributed by atoms with E-state index >= 15 is 0 Å². The number of rotatable bonds is 1. The van der Waals surface area contributed by atoms with Gasteiger partial charge in [-0.05, 0) is 32.4 Å². The molecule has 0 atom stereocenters. The molecule has 0 unspecified atom stereocenters. The molecule has 0 saturated heterocycles. The first-order valence-corrected chi connectivity index (χ1v) is 7.49. The molecule has 0 aliphatic heterocycles. The van der Waals surface area contributed by atoms with Gasteiger partial charge < -0.3 is 4.74 Å². The highest BCUT2D eigenvalue weighted by Gasteiger charge is 2.07. The van der Waals surface area contributed by atoms with Crippen LogP contribution in [-0.4, -0.2) is 13.1 Å². The van der Waals surface area contributed by atoms with Gasteiger partial charge in [0, 0.05) is 26.8 Å². The minimum Gasteiger partial charge on any atom is -0.465 e. The number of benzene rings is 1. The largest absolute Gasteiger partial charge is 0.465 e. The van der Waals surface area contributed by atoms with Crippen LogP contribution in [0.5, 0.6) is 0 Å². The molecule has 0 bridgehead atoms. The Morgan fingerprint density at radius 2 is 2.12 bits per heavy atom. The van der Waals surface area contributed by atoms with Gasteiger partial charge in [0.1, 0.15) is 0 Å². The Morgan fingerprint density at radius 3 is 2.69 bits per heavy atom. The monoisotopic (exact) mass is 343 g/mol. The van der Waals surface area contributed by atoms with Crippen molar-refractivity contribution in [2.45, 2.75) is 0 Å². The topological polar surface area (TPSA) is 50.1 Å². The highest BCUT2D eigenvalue weighted by atomic mass is 127. The molecule has 3 nitrogen and oxygen atoms in total. The Balaban J connectivity index is 3.22. The van der Waals surface area contributed by atoms with Crippen molar-refractivity contribution in [1.29, 1.82) is 5.26 Å². The lowest BCUT2D eigenvalue weighted by Crippen LogP contribution is -2.02. The maximum atomic E-state index is 11.3. The number of ether oxygens (including phenoxy) is 1. The van der Waals surface area contributed by atoms with Gasteiger partial charge in [0.15, 0.2) is 0 Å². The predicted octanol–water partition coefficient (Wildman–Crippen LogP) is 2.74. The molecular formula is C11H6INO2S. The molecule has 0 N–H and O–H groups in total. The van der Waals surface area contributed by atoms with Crippen molar-refractivity contribution in [3.63, 3.8) is 0 Å². The van der Waals surface area contributed by atoms with E-state index in [1.165, 1.54) is 22.1 Å². The zero-order valence-electron chi connectivity index (χ0n) is 8.28. The van der Waals surface area contributed by atoms with Gasteiger partial charge in [-0.25, -0.2) is 4.79 Å². The van der Waals surface area contributed by atoms with E-state index in [1.54, 1.807) is 12.1 Å². The van der Waals surface area contributed by atoms with Crippen LogP contribution in [-0.2, 0) is 4.74 Å². The molecule has 0 aliphatic rings. The Hall–Kier alpha value is -1.18. The number of nitriles is 1. The van der Waals surface area contributed by atoms with Crippen LogP contribution < -0.4 is 0 Å². The van der Waals surface area contributed by atoms with Gasteiger partial charge in [-0.3, -0.25) is 0 Å². The molecule has 0 heterocycles. The summed E-state index contributed by atoms with van der Waals surface area (Å²) in [5.41, 5.74) is 1.36. The van der Waals surface area contributed by atoms with Crippen molar-refractivity contribution >= 4 is 36.1 Å². The zero-order chi connectivity index (χ0) is 12.0. The first-order chi connectivity index (χ1) is 7.71.